The van der Waals surface area contributed by atoms with Gasteiger partial charge in [-0.25, -0.2) is 4.39 Å². The lowest BCUT2D eigenvalue weighted by Crippen LogP contribution is -2.55. The van der Waals surface area contributed by atoms with Crippen LogP contribution in [0.5, 0.6) is 0 Å². The third kappa shape index (κ3) is 2.11. The maximum absolute atomic E-state index is 13.3. The molecule has 2 atom stereocenters. The molecule has 0 fully saturated rings. The first-order valence-electron chi connectivity index (χ1n) is 3.64. The quantitative estimate of drug-likeness (QED) is 0.561. The van der Waals surface area contributed by atoms with Crippen LogP contribution in [0, 0.1) is 5.92 Å². The van der Waals surface area contributed by atoms with Crippen molar-refractivity contribution in [1.82, 2.24) is 0 Å². The molecule has 0 aliphatic rings. The predicted molar refractivity (Wildman–Crippen MR) is 37.7 cm³/mol. The summed E-state index contributed by atoms with van der Waals surface area (Å²) in [6.45, 7) is 2.05. The fraction of sp³-hybridized carbons (Fsp3) is 1.00. The number of hydrogen-bond acceptors (Lipinski definition) is 2. The summed E-state index contributed by atoms with van der Waals surface area (Å²) in [5, 5.41) is 8.77. The molecule has 2 unspecified atom stereocenters. The highest BCUT2D eigenvalue weighted by atomic mass is 19.4. The van der Waals surface area contributed by atoms with Gasteiger partial charge in [0.2, 0.25) is 0 Å². The molecule has 2 nitrogen and oxygen atoms in total. The molecule has 80 valence electrons. The van der Waals surface area contributed by atoms with Crippen LogP contribution in [-0.4, -0.2) is 30.4 Å². The molecule has 0 amide bonds. The maximum Gasteiger partial charge on any atom is 0.427 e. The van der Waals surface area contributed by atoms with Gasteiger partial charge < -0.3 is 9.84 Å². The Balaban J connectivity index is 4.96. The Morgan fingerprint density at radius 2 is 1.54 bits per heavy atom. The lowest BCUT2D eigenvalue weighted by Gasteiger charge is -2.34. The first-order chi connectivity index (χ1) is 5.67. The Morgan fingerprint density at radius 3 is 1.62 bits per heavy atom. The molecule has 0 aromatic rings. The van der Waals surface area contributed by atoms with Gasteiger partial charge in [-0.3, -0.25) is 0 Å². The van der Waals surface area contributed by atoms with Crippen molar-refractivity contribution in [3.05, 3.63) is 0 Å². The van der Waals surface area contributed by atoms with Gasteiger partial charge in [0.05, 0.1) is 0 Å². The molecular weight excluding hydrogens is 192 g/mol. The van der Waals surface area contributed by atoms with Crippen molar-refractivity contribution in [2.24, 2.45) is 5.92 Å². The molecule has 0 spiro atoms. The third-order valence-corrected chi connectivity index (χ3v) is 1.86. The zero-order chi connectivity index (χ0) is 10.9. The molecule has 0 saturated heterocycles. The lowest BCUT2D eigenvalue weighted by atomic mass is 9.91. The minimum atomic E-state index is -5.14. The van der Waals surface area contributed by atoms with Crippen molar-refractivity contribution < 1.29 is 27.4 Å². The summed E-state index contributed by atoms with van der Waals surface area (Å²) in [5.74, 6) is -1.41. The Labute approximate surface area is 73.5 Å². The number of halogens is 4. The second-order valence-electron chi connectivity index (χ2n) is 3.01. The van der Waals surface area contributed by atoms with Gasteiger partial charge >= 0.3 is 6.18 Å². The summed E-state index contributed by atoms with van der Waals surface area (Å²) in [7, 11) is 0.813. The number of alkyl halides is 4. The summed E-state index contributed by atoms with van der Waals surface area (Å²) in [5.41, 5.74) is -3.72. The van der Waals surface area contributed by atoms with Gasteiger partial charge in [0.15, 0.2) is 6.29 Å². The second kappa shape index (κ2) is 3.79. The number of rotatable bonds is 3. The molecule has 0 aliphatic carbocycles. The average molecular weight is 204 g/mol. The van der Waals surface area contributed by atoms with Gasteiger partial charge in [0.25, 0.3) is 5.67 Å². The average Bonchev–Trinajstić information content (AvgIpc) is 1.98. The van der Waals surface area contributed by atoms with Crippen molar-refractivity contribution >= 4 is 0 Å². The summed E-state index contributed by atoms with van der Waals surface area (Å²) in [4.78, 5) is 0. The zero-order valence-corrected chi connectivity index (χ0v) is 7.52. The topological polar surface area (TPSA) is 29.5 Å². The van der Waals surface area contributed by atoms with Gasteiger partial charge in [-0.1, -0.05) is 13.8 Å². The van der Waals surface area contributed by atoms with Crippen LogP contribution in [0.15, 0.2) is 0 Å². The fourth-order valence-corrected chi connectivity index (χ4v) is 0.924. The van der Waals surface area contributed by atoms with Crippen molar-refractivity contribution in [3.63, 3.8) is 0 Å². The van der Waals surface area contributed by atoms with Crippen LogP contribution in [0.25, 0.3) is 0 Å². The maximum atomic E-state index is 13.3. The minimum Gasteiger partial charge on any atom is -0.365 e. The van der Waals surface area contributed by atoms with Crippen molar-refractivity contribution in [1.29, 1.82) is 0 Å². The molecule has 0 radical (unpaired) electrons. The molecule has 1 N–H and O–H groups in total. The molecule has 0 aromatic carbocycles. The van der Waals surface area contributed by atoms with E-state index < -0.39 is 24.1 Å². The number of hydrogen-bond donors (Lipinski definition) is 1. The summed E-state index contributed by atoms with van der Waals surface area (Å²) >= 11 is 0. The van der Waals surface area contributed by atoms with Crippen molar-refractivity contribution in [2.45, 2.75) is 32.0 Å². The van der Waals surface area contributed by atoms with Gasteiger partial charge in [-0.15, -0.1) is 0 Å². The monoisotopic (exact) mass is 204 g/mol. The van der Waals surface area contributed by atoms with E-state index in [1.54, 1.807) is 0 Å². The molecule has 13 heavy (non-hydrogen) atoms. The van der Waals surface area contributed by atoms with Crippen LogP contribution in [0.1, 0.15) is 13.8 Å². The normalized spacial score (nSPS) is 20.1. The minimum absolute atomic E-state index is 0.813. The van der Waals surface area contributed by atoms with Crippen LogP contribution < -0.4 is 0 Å². The Hall–Kier alpha value is -0.360. The van der Waals surface area contributed by atoms with Crippen LogP contribution in [0.2, 0.25) is 0 Å². The first kappa shape index (κ1) is 12.6. The van der Waals surface area contributed by atoms with E-state index in [4.69, 9.17) is 5.11 Å². The van der Waals surface area contributed by atoms with Gasteiger partial charge in [0, 0.05) is 13.0 Å². The highest BCUT2D eigenvalue weighted by Crippen LogP contribution is 2.42. The van der Waals surface area contributed by atoms with Crippen LogP contribution in [-0.2, 0) is 4.74 Å². The van der Waals surface area contributed by atoms with Gasteiger partial charge in [0.1, 0.15) is 0 Å². The number of aliphatic hydroxyl groups excluding tert-OH is 1. The van der Waals surface area contributed by atoms with Crippen LogP contribution >= 0.6 is 0 Å². The Bertz CT molecular complexity index is 168. The van der Waals surface area contributed by atoms with E-state index in [-0.39, 0.29) is 0 Å². The van der Waals surface area contributed by atoms with E-state index >= 15 is 0 Å². The molecule has 0 saturated carbocycles. The fourth-order valence-electron chi connectivity index (χ4n) is 0.924. The molecule has 0 bridgehead atoms. The number of ether oxygens (including phenoxy) is 1. The third-order valence-electron chi connectivity index (χ3n) is 1.86. The van der Waals surface area contributed by atoms with E-state index in [0.717, 1.165) is 21.0 Å². The largest absolute Gasteiger partial charge is 0.427 e. The predicted octanol–water partition coefficient (Wildman–Crippen LogP) is 1.88. The molecule has 0 aliphatic heterocycles. The van der Waals surface area contributed by atoms with Gasteiger partial charge in [-0.05, 0) is 0 Å². The first-order valence-corrected chi connectivity index (χ1v) is 3.64. The summed E-state index contributed by atoms with van der Waals surface area (Å²) < 4.78 is 53.8. The number of methoxy groups -OCH3 is 1. The SMILES string of the molecule is COC(O)C(F)(C(C)C)C(F)(F)F. The number of aliphatic hydroxyl groups is 1. The second-order valence-corrected chi connectivity index (χ2v) is 3.01. The molecule has 0 rings (SSSR count). The van der Waals surface area contributed by atoms with E-state index in [2.05, 4.69) is 4.74 Å². The molecule has 0 aromatic heterocycles. The smallest absolute Gasteiger partial charge is 0.365 e. The lowest BCUT2D eigenvalue weighted by molar-refractivity contribution is -0.317. The van der Waals surface area contributed by atoms with E-state index in [9.17, 15) is 17.6 Å². The molecular formula is C7H12F4O2. The van der Waals surface area contributed by atoms with E-state index in [1.165, 1.54) is 0 Å². The Morgan fingerprint density at radius 1 is 1.15 bits per heavy atom. The molecule has 0 heterocycles. The van der Waals surface area contributed by atoms with Crippen molar-refractivity contribution in [2.75, 3.05) is 7.11 Å². The highest BCUT2D eigenvalue weighted by Gasteiger charge is 2.63. The summed E-state index contributed by atoms with van der Waals surface area (Å²) in [6, 6.07) is 0. The standard InChI is InChI=1S/C7H12F4O2/c1-4(2)6(8,5(12)13-3)7(9,10)11/h4-5,12H,1-3H3. The van der Waals surface area contributed by atoms with Crippen molar-refractivity contribution in [3.8, 4) is 0 Å². The van der Waals surface area contributed by atoms with Crippen LogP contribution in [0.4, 0.5) is 17.6 Å². The Kier molecular flexibility index (Phi) is 3.69. The highest BCUT2D eigenvalue weighted by molar-refractivity contribution is 4.92. The summed E-state index contributed by atoms with van der Waals surface area (Å²) in [6.07, 6.45) is -7.64. The van der Waals surface area contributed by atoms with E-state index in [0.29, 0.717) is 0 Å². The van der Waals surface area contributed by atoms with E-state index in [1.807, 2.05) is 0 Å². The molecule has 6 heteroatoms. The zero-order valence-electron chi connectivity index (χ0n) is 7.52. The van der Waals surface area contributed by atoms with Crippen LogP contribution in [0.3, 0.4) is 0 Å². The van der Waals surface area contributed by atoms with Gasteiger partial charge in [-0.2, -0.15) is 13.2 Å².